The molecule has 22 heavy (non-hydrogen) atoms. The van der Waals surface area contributed by atoms with Crippen molar-refractivity contribution >= 4 is 21.7 Å². The summed E-state index contributed by atoms with van der Waals surface area (Å²) in [6.45, 7) is 1.97. The Labute approximate surface area is 132 Å². The molecular weight excluding hydrogens is 304 g/mol. The van der Waals surface area contributed by atoms with Gasteiger partial charge in [-0.3, -0.25) is 9.59 Å². The lowest BCUT2D eigenvalue weighted by Gasteiger charge is -2.15. The first kappa shape index (κ1) is 17.2. The van der Waals surface area contributed by atoms with Crippen LogP contribution in [0.1, 0.15) is 51.4 Å². The first-order chi connectivity index (χ1) is 10.5. The fourth-order valence-corrected chi connectivity index (χ4v) is 5.03. The molecule has 126 valence electrons. The van der Waals surface area contributed by atoms with Gasteiger partial charge in [0.1, 0.15) is 0 Å². The van der Waals surface area contributed by atoms with E-state index in [1.807, 2.05) is 4.90 Å². The van der Waals surface area contributed by atoms with Gasteiger partial charge in [0.05, 0.1) is 11.0 Å². The smallest absolute Gasteiger partial charge is 0.222 e. The largest absolute Gasteiger partial charge is 0.356 e. The van der Waals surface area contributed by atoms with Gasteiger partial charge in [-0.05, 0) is 25.7 Å². The summed E-state index contributed by atoms with van der Waals surface area (Å²) in [5.74, 6) is -0.0722. The topological polar surface area (TPSA) is 83.6 Å². The van der Waals surface area contributed by atoms with Gasteiger partial charge >= 0.3 is 0 Å². The average molecular weight is 330 g/mol. The molecule has 6 nitrogen and oxygen atoms in total. The zero-order valence-corrected chi connectivity index (χ0v) is 13.9. The molecule has 2 fully saturated rings. The number of hydrogen-bond acceptors (Lipinski definition) is 4. The van der Waals surface area contributed by atoms with E-state index in [1.54, 1.807) is 0 Å². The summed E-state index contributed by atoms with van der Waals surface area (Å²) in [5.41, 5.74) is 0. The van der Waals surface area contributed by atoms with E-state index in [2.05, 4.69) is 5.32 Å². The van der Waals surface area contributed by atoms with Crippen LogP contribution in [0.2, 0.25) is 0 Å². The zero-order valence-electron chi connectivity index (χ0n) is 13.1. The second-order valence-corrected chi connectivity index (χ2v) is 8.61. The maximum atomic E-state index is 12.1. The van der Waals surface area contributed by atoms with Gasteiger partial charge < -0.3 is 10.2 Å². The van der Waals surface area contributed by atoms with Gasteiger partial charge in [-0.1, -0.05) is 12.8 Å². The Balaban J connectivity index is 1.58. The quantitative estimate of drug-likeness (QED) is 0.669. The highest BCUT2D eigenvalue weighted by atomic mass is 32.2. The van der Waals surface area contributed by atoms with Crippen molar-refractivity contribution in [2.45, 2.75) is 56.6 Å². The van der Waals surface area contributed by atoms with Crippen LogP contribution in [-0.4, -0.2) is 55.8 Å². The summed E-state index contributed by atoms with van der Waals surface area (Å²) >= 11 is 0. The van der Waals surface area contributed by atoms with E-state index in [0.29, 0.717) is 25.9 Å². The fourth-order valence-electron chi connectivity index (χ4n) is 3.18. The number of carbonyl (C=O) groups is 2. The van der Waals surface area contributed by atoms with Crippen LogP contribution in [0.15, 0.2) is 0 Å². The standard InChI is InChI=1S/C15H26N2O4S/c18-14(8-12-22(20,21)13-5-1-2-6-13)16-9-4-11-17-10-3-7-15(17)19/h13H,1-12H2,(H,16,18). The molecule has 7 heteroatoms. The maximum Gasteiger partial charge on any atom is 0.222 e. The SMILES string of the molecule is O=C(CCS(=O)(=O)C1CCCC1)NCCCN1CCCC1=O. The Hall–Kier alpha value is -1.11. The van der Waals surface area contributed by atoms with Gasteiger partial charge in [0.25, 0.3) is 0 Å². The molecule has 0 bridgehead atoms. The number of rotatable bonds is 8. The molecule has 2 aliphatic rings. The van der Waals surface area contributed by atoms with Crippen molar-refractivity contribution in [2.75, 3.05) is 25.4 Å². The molecule has 0 aromatic rings. The highest BCUT2D eigenvalue weighted by molar-refractivity contribution is 7.92. The van der Waals surface area contributed by atoms with Gasteiger partial charge in [0, 0.05) is 32.5 Å². The number of hydrogen-bond donors (Lipinski definition) is 1. The lowest BCUT2D eigenvalue weighted by atomic mass is 10.3. The number of sulfone groups is 1. The Morgan fingerprint density at radius 3 is 2.59 bits per heavy atom. The van der Waals surface area contributed by atoms with E-state index >= 15 is 0 Å². The summed E-state index contributed by atoms with van der Waals surface area (Å²) in [6, 6.07) is 0. The number of amides is 2. The first-order valence-corrected chi connectivity index (χ1v) is 9.96. The van der Waals surface area contributed by atoms with Crippen LogP contribution in [0.3, 0.4) is 0 Å². The molecule has 1 saturated heterocycles. The van der Waals surface area contributed by atoms with Gasteiger partial charge in [-0.15, -0.1) is 0 Å². The molecule has 2 rings (SSSR count). The van der Waals surface area contributed by atoms with E-state index in [9.17, 15) is 18.0 Å². The molecule has 0 radical (unpaired) electrons. The number of nitrogens with one attached hydrogen (secondary N) is 1. The minimum absolute atomic E-state index is 0.0431. The summed E-state index contributed by atoms with van der Waals surface area (Å²) in [4.78, 5) is 24.9. The second-order valence-electron chi connectivity index (χ2n) is 6.21. The summed E-state index contributed by atoms with van der Waals surface area (Å²) in [5, 5.41) is 2.51. The molecule has 0 spiro atoms. The average Bonchev–Trinajstić information content (AvgIpc) is 3.14. The minimum Gasteiger partial charge on any atom is -0.356 e. The lowest BCUT2D eigenvalue weighted by Crippen LogP contribution is -2.32. The highest BCUT2D eigenvalue weighted by Gasteiger charge is 2.28. The molecule has 0 aromatic heterocycles. The van der Waals surface area contributed by atoms with Gasteiger partial charge in [-0.2, -0.15) is 0 Å². The van der Waals surface area contributed by atoms with Crippen molar-refractivity contribution in [3.8, 4) is 0 Å². The third-order valence-electron chi connectivity index (χ3n) is 4.52. The van der Waals surface area contributed by atoms with Crippen molar-refractivity contribution < 1.29 is 18.0 Å². The van der Waals surface area contributed by atoms with Crippen LogP contribution < -0.4 is 5.32 Å². The fraction of sp³-hybridized carbons (Fsp3) is 0.867. The van der Waals surface area contributed by atoms with Crippen LogP contribution in [0, 0.1) is 0 Å². The molecule has 0 aromatic carbocycles. The third-order valence-corrected chi connectivity index (χ3v) is 6.78. The monoisotopic (exact) mass is 330 g/mol. The second kappa shape index (κ2) is 7.94. The third kappa shape index (κ3) is 4.97. The zero-order chi connectivity index (χ0) is 16.0. The Morgan fingerprint density at radius 1 is 1.23 bits per heavy atom. The van der Waals surface area contributed by atoms with E-state index in [4.69, 9.17) is 0 Å². The van der Waals surface area contributed by atoms with Crippen molar-refractivity contribution in [1.29, 1.82) is 0 Å². The molecule has 1 heterocycles. The van der Waals surface area contributed by atoms with Crippen molar-refractivity contribution in [3.05, 3.63) is 0 Å². The van der Waals surface area contributed by atoms with Gasteiger partial charge in [0.2, 0.25) is 11.8 Å². The van der Waals surface area contributed by atoms with E-state index in [1.165, 1.54) is 0 Å². The summed E-state index contributed by atoms with van der Waals surface area (Å²) < 4.78 is 24.1. The molecule has 0 atom stereocenters. The number of likely N-dealkylation sites (tertiary alicyclic amines) is 1. The Morgan fingerprint density at radius 2 is 1.95 bits per heavy atom. The molecule has 1 N–H and O–H groups in total. The van der Waals surface area contributed by atoms with Gasteiger partial charge in [0.15, 0.2) is 9.84 Å². The van der Waals surface area contributed by atoms with Crippen molar-refractivity contribution in [1.82, 2.24) is 10.2 Å². The number of carbonyl (C=O) groups excluding carboxylic acids is 2. The molecule has 0 unspecified atom stereocenters. The Bertz CT molecular complexity index is 498. The normalized spacial score (nSPS) is 19.8. The van der Waals surface area contributed by atoms with E-state index in [0.717, 1.165) is 38.6 Å². The van der Waals surface area contributed by atoms with Crippen molar-refractivity contribution in [2.24, 2.45) is 0 Å². The molecule has 1 aliphatic carbocycles. The van der Waals surface area contributed by atoms with E-state index in [-0.39, 0.29) is 29.2 Å². The molecule has 2 amide bonds. The lowest BCUT2D eigenvalue weighted by molar-refractivity contribution is -0.127. The van der Waals surface area contributed by atoms with Crippen LogP contribution in [0.5, 0.6) is 0 Å². The van der Waals surface area contributed by atoms with Crippen LogP contribution in [-0.2, 0) is 19.4 Å². The maximum absolute atomic E-state index is 12.1. The molecule has 1 saturated carbocycles. The van der Waals surface area contributed by atoms with Crippen LogP contribution >= 0.6 is 0 Å². The summed E-state index contributed by atoms with van der Waals surface area (Å²) in [7, 11) is -3.12. The number of nitrogens with zero attached hydrogens (tertiary/aromatic N) is 1. The highest BCUT2D eigenvalue weighted by Crippen LogP contribution is 2.25. The molecular formula is C15H26N2O4S. The first-order valence-electron chi connectivity index (χ1n) is 8.25. The van der Waals surface area contributed by atoms with Crippen molar-refractivity contribution in [3.63, 3.8) is 0 Å². The minimum atomic E-state index is -3.12. The van der Waals surface area contributed by atoms with E-state index < -0.39 is 9.84 Å². The predicted octanol–water partition coefficient (Wildman–Crippen LogP) is 0.863. The van der Waals surface area contributed by atoms with Crippen LogP contribution in [0.4, 0.5) is 0 Å². The van der Waals surface area contributed by atoms with Crippen LogP contribution in [0.25, 0.3) is 0 Å². The summed E-state index contributed by atoms with van der Waals surface area (Å²) in [6.07, 6.45) is 5.75. The predicted molar refractivity (Wildman–Crippen MR) is 84.1 cm³/mol. The van der Waals surface area contributed by atoms with Gasteiger partial charge in [-0.25, -0.2) is 8.42 Å². The molecule has 1 aliphatic heterocycles. The Kier molecular flexibility index (Phi) is 6.23.